The zero-order valence-electron chi connectivity index (χ0n) is 25.7. The van der Waals surface area contributed by atoms with E-state index in [2.05, 4.69) is 16.0 Å². The summed E-state index contributed by atoms with van der Waals surface area (Å²) in [6, 6.07) is 7.31. The third-order valence-corrected chi connectivity index (χ3v) is 6.26. The Balaban J connectivity index is 1.97. The van der Waals surface area contributed by atoms with Gasteiger partial charge in [-0.25, -0.2) is 9.59 Å². The zero-order chi connectivity index (χ0) is 31.4. The molecular formula is C30H46N4O8. The predicted octanol–water partition coefficient (Wildman–Crippen LogP) is 3.34. The third-order valence-electron chi connectivity index (χ3n) is 6.26. The number of carbonyl (C=O) groups excluding carboxylic acids is 5. The van der Waals surface area contributed by atoms with Crippen molar-refractivity contribution in [1.29, 1.82) is 0 Å². The molecule has 42 heavy (non-hydrogen) atoms. The minimum atomic E-state index is -0.926. The van der Waals surface area contributed by atoms with Gasteiger partial charge in [0.25, 0.3) is 0 Å². The fourth-order valence-corrected chi connectivity index (χ4v) is 4.36. The standard InChI is InChI=1S/C30H46N4O8/c1-19(2)13-22(15-31-28(38)41-42-30(5,6)7)27(37)34-16-24(25(35)17-34)32-26(36)23(14-20(3)4)33-29(39)40-18-21-11-9-8-10-12-21/h8-12,19-20,22-24H,13-18H2,1-7H3,(H,31,38)(H,32,36)(H,33,39)/t22-,23-,24?/m0/s1. The normalized spacial score (nSPS) is 16.6. The lowest BCUT2D eigenvalue weighted by molar-refractivity contribution is -0.300. The van der Waals surface area contributed by atoms with E-state index in [9.17, 15) is 24.0 Å². The quantitative estimate of drug-likeness (QED) is 0.234. The minimum Gasteiger partial charge on any atom is -0.445 e. The number of likely N-dealkylation sites (tertiary alicyclic amines) is 1. The van der Waals surface area contributed by atoms with Crippen molar-refractivity contribution in [3.8, 4) is 0 Å². The van der Waals surface area contributed by atoms with Gasteiger partial charge in [0.05, 0.1) is 12.5 Å². The Kier molecular flexibility index (Phi) is 13.2. The third kappa shape index (κ3) is 12.5. The molecule has 1 unspecified atom stereocenters. The summed E-state index contributed by atoms with van der Waals surface area (Å²) in [6.07, 6.45) is -0.774. The van der Waals surface area contributed by atoms with Crippen LogP contribution in [0.15, 0.2) is 30.3 Å². The predicted molar refractivity (Wildman–Crippen MR) is 155 cm³/mol. The maximum absolute atomic E-state index is 13.4. The van der Waals surface area contributed by atoms with Gasteiger partial charge in [-0.1, -0.05) is 58.0 Å². The van der Waals surface area contributed by atoms with E-state index in [1.54, 1.807) is 20.8 Å². The SMILES string of the molecule is CC(C)C[C@@H](CNC(=O)OOC(C)(C)C)C(=O)N1CC(=O)C(NC(=O)[C@H](CC(C)C)NC(=O)OCc2ccccc2)C1. The lowest BCUT2D eigenvalue weighted by Crippen LogP contribution is -2.52. The molecule has 3 atom stereocenters. The van der Waals surface area contributed by atoms with Gasteiger partial charge in [-0.15, -0.1) is 0 Å². The molecule has 234 valence electrons. The molecule has 2 rings (SSSR count). The number of amides is 4. The van der Waals surface area contributed by atoms with Crippen LogP contribution in [0.3, 0.4) is 0 Å². The molecule has 1 aromatic carbocycles. The maximum atomic E-state index is 13.4. The smallest absolute Gasteiger partial charge is 0.438 e. The van der Waals surface area contributed by atoms with Gasteiger partial charge in [-0.05, 0) is 51.0 Å². The number of alkyl carbamates (subject to hydrolysis) is 1. The summed E-state index contributed by atoms with van der Waals surface area (Å²) in [5, 5.41) is 7.85. The summed E-state index contributed by atoms with van der Waals surface area (Å²) in [5.74, 6) is -1.56. The molecule has 0 aromatic heterocycles. The van der Waals surface area contributed by atoms with Crippen LogP contribution in [-0.4, -0.2) is 72.0 Å². The molecule has 12 heteroatoms. The molecule has 1 heterocycles. The van der Waals surface area contributed by atoms with Crippen LogP contribution in [0.25, 0.3) is 0 Å². The Bertz CT molecular complexity index is 1070. The molecular weight excluding hydrogens is 544 g/mol. The average molecular weight is 591 g/mol. The molecule has 0 bridgehead atoms. The van der Waals surface area contributed by atoms with E-state index < -0.39 is 41.7 Å². The number of ether oxygens (including phenoxy) is 1. The number of Topliss-reactive ketones (excluding diaryl/α,β-unsaturated/α-hetero) is 1. The summed E-state index contributed by atoms with van der Waals surface area (Å²) in [6.45, 7) is 12.8. The number of ketones is 1. The van der Waals surface area contributed by atoms with Crippen molar-refractivity contribution >= 4 is 29.8 Å². The van der Waals surface area contributed by atoms with E-state index in [0.29, 0.717) is 12.8 Å². The lowest BCUT2D eigenvalue weighted by atomic mass is 9.95. The van der Waals surface area contributed by atoms with E-state index in [0.717, 1.165) is 5.56 Å². The Morgan fingerprint density at radius 3 is 2.21 bits per heavy atom. The summed E-state index contributed by atoms with van der Waals surface area (Å²) >= 11 is 0. The number of hydrogen-bond acceptors (Lipinski definition) is 8. The van der Waals surface area contributed by atoms with Crippen LogP contribution >= 0.6 is 0 Å². The Labute approximate surface area is 248 Å². The lowest BCUT2D eigenvalue weighted by Gasteiger charge is -2.25. The van der Waals surface area contributed by atoms with Crippen LogP contribution in [0.2, 0.25) is 0 Å². The summed E-state index contributed by atoms with van der Waals surface area (Å²) in [4.78, 5) is 75.0. The second-order valence-electron chi connectivity index (χ2n) is 12.4. The summed E-state index contributed by atoms with van der Waals surface area (Å²) in [5.41, 5.74) is 0.117. The van der Waals surface area contributed by atoms with Gasteiger partial charge in [-0.2, -0.15) is 4.89 Å². The highest BCUT2D eigenvalue weighted by atomic mass is 17.2. The number of nitrogens with zero attached hydrogens (tertiary/aromatic N) is 1. The molecule has 4 amide bonds. The van der Waals surface area contributed by atoms with Gasteiger partial charge in [0.15, 0.2) is 5.78 Å². The molecule has 1 fully saturated rings. The molecule has 3 N–H and O–H groups in total. The van der Waals surface area contributed by atoms with E-state index in [1.165, 1.54) is 4.90 Å². The first-order valence-electron chi connectivity index (χ1n) is 14.4. The van der Waals surface area contributed by atoms with Crippen molar-refractivity contribution in [2.24, 2.45) is 17.8 Å². The van der Waals surface area contributed by atoms with Crippen LogP contribution in [-0.2, 0) is 35.5 Å². The first kappa shape index (κ1) is 34.5. The van der Waals surface area contributed by atoms with Gasteiger partial charge < -0.3 is 25.6 Å². The molecule has 1 aliphatic rings. The van der Waals surface area contributed by atoms with Gasteiger partial charge in [-0.3, -0.25) is 19.3 Å². The molecule has 0 aliphatic carbocycles. The van der Waals surface area contributed by atoms with E-state index in [1.807, 2.05) is 58.0 Å². The Morgan fingerprint density at radius 2 is 1.62 bits per heavy atom. The zero-order valence-corrected chi connectivity index (χ0v) is 25.7. The number of carbonyl (C=O) groups is 5. The molecule has 12 nitrogen and oxygen atoms in total. The number of rotatable bonds is 13. The Morgan fingerprint density at radius 1 is 0.976 bits per heavy atom. The molecule has 0 saturated carbocycles. The van der Waals surface area contributed by atoms with E-state index >= 15 is 0 Å². The fraction of sp³-hybridized carbons (Fsp3) is 0.633. The van der Waals surface area contributed by atoms with Crippen LogP contribution < -0.4 is 16.0 Å². The van der Waals surface area contributed by atoms with Gasteiger partial charge in [0.1, 0.15) is 24.3 Å². The van der Waals surface area contributed by atoms with Crippen molar-refractivity contribution in [3.63, 3.8) is 0 Å². The van der Waals surface area contributed by atoms with Crippen molar-refractivity contribution in [1.82, 2.24) is 20.9 Å². The van der Waals surface area contributed by atoms with Crippen LogP contribution in [0.1, 0.15) is 66.9 Å². The van der Waals surface area contributed by atoms with Crippen molar-refractivity contribution in [3.05, 3.63) is 35.9 Å². The second kappa shape index (κ2) is 16.1. The van der Waals surface area contributed by atoms with Crippen LogP contribution in [0.4, 0.5) is 9.59 Å². The van der Waals surface area contributed by atoms with E-state index in [-0.39, 0.29) is 49.8 Å². The van der Waals surface area contributed by atoms with Gasteiger partial charge >= 0.3 is 12.2 Å². The van der Waals surface area contributed by atoms with E-state index in [4.69, 9.17) is 14.5 Å². The van der Waals surface area contributed by atoms with Gasteiger partial charge in [0, 0.05) is 13.1 Å². The molecule has 0 spiro atoms. The number of nitrogens with one attached hydrogen (secondary N) is 3. The van der Waals surface area contributed by atoms with Gasteiger partial charge in [0.2, 0.25) is 11.8 Å². The minimum absolute atomic E-state index is 0.00343. The molecule has 1 aliphatic heterocycles. The fourth-order valence-electron chi connectivity index (χ4n) is 4.36. The van der Waals surface area contributed by atoms with Crippen LogP contribution in [0, 0.1) is 17.8 Å². The highest BCUT2D eigenvalue weighted by Gasteiger charge is 2.38. The second-order valence-corrected chi connectivity index (χ2v) is 12.4. The number of hydrogen-bond donors (Lipinski definition) is 3. The van der Waals surface area contributed by atoms with Crippen molar-refractivity contribution in [2.45, 2.75) is 85.6 Å². The summed E-state index contributed by atoms with van der Waals surface area (Å²) in [7, 11) is 0. The van der Waals surface area contributed by atoms with Crippen LogP contribution in [0.5, 0.6) is 0 Å². The Hall–Kier alpha value is -3.67. The van der Waals surface area contributed by atoms with Crippen molar-refractivity contribution in [2.75, 3.05) is 19.6 Å². The molecule has 0 radical (unpaired) electrons. The topological polar surface area (TPSA) is 152 Å². The highest BCUT2D eigenvalue weighted by molar-refractivity contribution is 5.97. The molecule has 1 aromatic rings. The number of benzene rings is 1. The summed E-state index contributed by atoms with van der Waals surface area (Å²) < 4.78 is 5.26. The van der Waals surface area contributed by atoms with Crippen molar-refractivity contribution < 1.29 is 38.5 Å². The molecule has 1 saturated heterocycles. The largest absolute Gasteiger partial charge is 0.445 e. The monoisotopic (exact) mass is 590 g/mol. The average Bonchev–Trinajstić information content (AvgIpc) is 3.27. The highest BCUT2D eigenvalue weighted by Crippen LogP contribution is 2.18. The first-order chi connectivity index (χ1) is 19.6. The first-order valence-corrected chi connectivity index (χ1v) is 14.4. The maximum Gasteiger partial charge on any atom is 0.438 e.